The van der Waals surface area contributed by atoms with E-state index in [-0.39, 0.29) is 68.1 Å². The van der Waals surface area contributed by atoms with Gasteiger partial charge in [-0.3, -0.25) is 0 Å². The molecule has 0 fully saturated rings. The molecule has 0 aliphatic heterocycles. The van der Waals surface area contributed by atoms with Gasteiger partial charge in [0, 0.05) is 5.56 Å². The number of rotatable bonds is 3. The summed E-state index contributed by atoms with van der Waals surface area (Å²) in [4.78, 5) is 10.9. The molecule has 0 atom stereocenters. The first kappa shape index (κ1) is 17.7. The SMILES string of the molecule is C#Cc1cc(C[B-](F)(F)F)cc(C(=O)O)c1C.[K+]. The monoisotopic (exact) mass is 280 g/mol. The quantitative estimate of drug-likeness (QED) is 0.605. The van der Waals surface area contributed by atoms with E-state index in [1.165, 1.54) is 13.0 Å². The molecule has 1 N–H and O–H groups in total. The normalized spacial score (nSPS) is 10.4. The molecule has 0 aliphatic rings. The van der Waals surface area contributed by atoms with Crippen molar-refractivity contribution < 1.29 is 74.2 Å². The molecule has 0 saturated carbocycles. The fraction of sp³-hybridized carbons (Fsp3) is 0.182. The molecule has 0 aromatic heterocycles. The maximum Gasteiger partial charge on any atom is 1.00 e. The summed E-state index contributed by atoms with van der Waals surface area (Å²) in [5.74, 6) is 0.911. The molecule has 1 aromatic rings. The van der Waals surface area contributed by atoms with E-state index in [9.17, 15) is 17.7 Å². The third-order valence-corrected chi connectivity index (χ3v) is 2.32. The molecule has 1 rings (SSSR count). The molecule has 90 valence electrons. The Labute approximate surface area is 145 Å². The van der Waals surface area contributed by atoms with Gasteiger partial charge >= 0.3 is 64.3 Å². The number of carbonyl (C=O) groups is 1. The summed E-state index contributed by atoms with van der Waals surface area (Å²) in [5, 5.41) is 8.86. The zero-order valence-corrected chi connectivity index (χ0v) is 13.1. The molecule has 18 heavy (non-hydrogen) atoms. The number of hydrogen-bond donors (Lipinski definition) is 1. The van der Waals surface area contributed by atoms with Crippen LogP contribution in [-0.2, 0) is 6.32 Å². The van der Waals surface area contributed by atoms with Crippen LogP contribution in [0.25, 0.3) is 0 Å². The van der Waals surface area contributed by atoms with Gasteiger partial charge in [-0.15, -0.1) is 6.42 Å². The van der Waals surface area contributed by atoms with E-state index in [4.69, 9.17) is 11.5 Å². The Morgan fingerprint density at radius 3 is 2.39 bits per heavy atom. The summed E-state index contributed by atoms with van der Waals surface area (Å²) in [6.07, 6.45) is 4.00. The Kier molecular flexibility index (Phi) is 6.68. The Bertz CT molecular complexity index is 506. The van der Waals surface area contributed by atoms with Crippen LogP contribution in [0, 0.1) is 19.3 Å². The largest absolute Gasteiger partial charge is 1.00 e. The van der Waals surface area contributed by atoms with E-state index < -0.39 is 19.3 Å². The second-order valence-electron chi connectivity index (χ2n) is 3.68. The third kappa shape index (κ3) is 4.78. The van der Waals surface area contributed by atoms with Crippen LogP contribution in [0.15, 0.2) is 12.1 Å². The van der Waals surface area contributed by atoms with Crippen molar-refractivity contribution >= 4 is 12.9 Å². The molecule has 0 aliphatic carbocycles. The van der Waals surface area contributed by atoms with Crippen molar-refractivity contribution in [3.8, 4) is 12.3 Å². The van der Waals surface area contributed by atoms with Crippen LogP contribution < -0.4 is 51.4 Å². The van der Waals surface area contributed by atoms with Gasteiger partial charge in [-0.05, 0) is 24.6 Å². The van der Waals surface area contributed by atoms with Gasteiger partial charge in [-0.25, -0.2) is 4.79 Å². The number of benzene rings is 1. The molecule has 0 unspecified atom stereocenters. The molecule has 0 spiro atoms. The number of halogens is 3. The van der Waals surface area contributed by atoms with E-state index in [0.717, 1.165) is 6.07 Å². The average molecular weight is 280 g/mol. The number of terminal acetylenes is 1. The first-order valence-electron chi connectivity index (χ1n) is 4.79. The van der Waals surface area contributed by atoms with Crippen LogP contribution in [0.4, 0.5) is 12.9 Å². The zero-order chi connectivity index (χ0) is 13.2. The van der Waals surface area contributed by atoms with Gasteiger partial charge in [0.2, 0.25) is 0 Å². The minimum Gasteiger partial charge on any atom is -0.478 e. The summed E-state index contributed by atoms with van der Waals surface area (Å²) < 4.78 is 36.8. The van der Waals surface area contributed by atoms with Gasteiger partial charge in [-0.2, -0.15) is 0 Å². The minimum absolute atomic E-state index is 0. The summed E-state index contributed by atoms with van der Waals surface area (Å²) >= 11 is 0. The van der Waals surface area contributed by atoms with Gasteiger partial charge in [0.05, 0.1) is 5.56 Å². The van der Waals surface area contributed by atoms with Crippen molar-refractivity contribution in [1.29, 1.82) is 0 Å². The molecule has 0 amide bonds. The second-order valence-corrected chi connectivity index (χ2v) is 3.68. The third-order valence-electron chi connectivity index (χ3n) is 2.32. The summed E-state index contributed by atoms with van der Waals surface area (Å²) in [5.41, 5.74) is 0.183. The maximum absolute atomic E-state index is 12.3. The minimum atomic E-state index is -5.01. The Balaban J connectivity index is 0.00000289. The van der Waals surface area contributed by atoms with Crippen molar-refractivity contribution in [3.63, 3.8) is 0 Å². The summed E-state index contributed by atoms with van der Waals surface area (Å²) in [6, 6.07) is 2.23. The van der Waals surface area contributed by atoms with Crippen LogP contribution in [0.1, 0.15) is 27.0 Å². The number of hydrogen-bond acceptors (Lipinski definition) is 1. The van der Waals surface area contributed by atoms with Crippen molar-refractivity contribution in [1.82, 2.24) is 0 Å². The molecular formula is C11H9BF3KO2. The second kappa shape index (κ2) is 6.78. The predicted molar refractivity (Wildman–Crippen MR) is 58.9 cm³/mol. The maximum atomic E-state index is 12.3. The van der Waals surface area contributed by atoms with Gasteiger partial charge in [0.25, 0.3) is 0 Å². The molecular weight excluding hydrogens is 271 g/mol. The van der Waals surface area contributed by atoms with Crippen LogP contribution in [0.5, 0.6) is 0 Å². The number of carboxylic acids is 1. The molecule has 2 nitrogen and oxygen atoms in total. The van der Waals surface area contributed by atoms with Gasteiger partial charge in [-0.1, -0.05) is 17.8 Å². The molecule has 0 saturated heterocycles. The Hall–Kier alpha value is -0.259. The summed E-state index contributed by atoms with van der Waals surface area (Å²) in [6.45, 7) is -3.54. The van der Waals surface area contributed by atoms with Crippen LogP contribution in [-0.4, -0.2) is 18.1 Å². The van der Waals surface area contributed by atoms with E-state index in [0.29, 0.717) is 5.56 Å². The topological polar surface area (TPSA) is 37.3 Å². The van der Waals surface area contributed by atoms with Crippen molar-refractivity contribution in [2.24, 2.45) is 0 Å². The number of aromatic carboxylic acids is 1. The first-order valence-corrected chi connectivity index (χ1v) is 4.79. The molecule has 1 aromatic carbocycles. The molecule has 7 heteroatoms. The first-order chi connectivity index (χ1) is 7.74. The van der Waals surface area contributed by atoms with Gasteiger partial charge in [0.1, 0.15) is 0 Å². The predicted octanol–water partition coefficient (Wildman–Crippen LogP) is -0.392. The zero-order valence-electron chi connectivity index (χ0n) is 10.0. The summed E-state index contributed by atoms with van der Waals surface area (Å²) in [7, 11) is 0. The fourth-order valence-electron chi connectivity index (χ4n) is 1.53. The smallest absolute Gasteiger partial charge is 0.478 e. The van der Waals surface area contributed by atoms with Crippen molar-refractivity contribution in [2.45, 2.75) is 13.2 Å². The van der Waals surface area contributed by atoms with E-state index in [1.807, 2.05) is 0 Å². The van der Waals surface area contributed by atoms with Crippen molar-refractivity contribution in [2.75, 3.05) is 0 Å². The standard InChI is InChI=1S/C11H9BF3O2.K/c1-3-9-4-8(6-12(13,14)15)5-10(7(9)2)11(16)17;/h1,4-5H,6H2,2H3,(H,16,17);/q-1;+1. The van der Waals surface area contributed by atoms with Crippen LogP contribution >= 0.6 is 0 Å². The van der Waals surface area contributed by atoms with E-state index >= 15 is 0 Å². The number of carboxylic acid groups (broad SMARTS) is 1. The van der Waals surface area contributed by atoms with E-state index in [1.54, 1.807) is 0 Å². The molecule has 0 radical (unpaired) electrons. The van der Waals surface area contributed by atoms with Crippen molar-refractivity contribution in [3.05, 3.63) is 34.4 Å². The van der Waals surface area contributed by atoms with Crippen LogP contribution in [0.3, 0.4) is 0 Å². The Morgan fingerprint density at radius 1 is 1.44 bits per heavy atom. The molecule has 0 bridgehead atoms. The fourth-order valence-corrected chi connectivity index (χ4v) is 1.53. The Morgan fingerprint density at radius 2 is 2.00 bits per heavy atom. The van der Waals surface area contributed by atoms with Crippen LogP contribution in [0.2, 0.25) is 0 Å². The van der Waals surface area contributed by atoms with E-state index in [2.05, 4.69) is 5.92 Å². The van der Waals surface area contributed by atoms with Gasteiger partial charge < -0.3 is 18.1 Å². The van der Waals surface area contributed by atoms with Gasteiger partial charge in [0.15, 0.2) is 0 Å². The molecule has 0 heterocycles. The average Bonchev–Trinajstić information content (AvgIpc) is 2.17.